The summed E-state index contributed by atoms with van der Waals surface area (Å²) in [5, 5.41) is 3.55. The zero-order valence-electron chi connectivity index (χ0n) is 17.0. The first-order valence-corrected chi connectivity index (χ1v) is 10.7. The van der Waals surface area contributed by atoms with Crippen molar-refractivity contribution < 1.29 is 14.0 Å². The van der Waals surface area contributed by atoms with E-state index in [1.165, 1.54) is 6.26 Å². The second kappa shape index (κ2) is 9.71. The highest BCUT2D eigenvalue weighted by Gasteiger charge is 2.29. The number of carbonyl (C=O) groups is 2. The van der Waals surface area contributed by atoms with Crippen molar-refractivity contribution in [3.05, 3.63) is 89.3 Å². The van der Waals surface area contributed by atoms with Crippen molar-refractivity contribution in [2.24, 2.45) is 0 Å². The van der Waals surface area contributed by atoms with Crippen LogP contribution in [0.25, 0.3) is 0 Å². The molecule has 0 radical (unpaired) electrons. The van der Waals surface area contributed by atoms with E-state index in [1.807, 2.05) is 59.5 Å². The van der Waals surface area contributed by atoms with E-state index in [-0.39, 0.29) is 11.7 Å². The number of anilines is 1. The molecule has 1 aromatic heterocycles. The lowest BCUT2D eigenvalue weighted by Crippen LogP contribution is -2.55. The van der Waals surface area contributed by atoms with Crippen LogP contribution in [0, 0.1) is 0 Å². The molecular formula is C24H24ClN3O3. The van der Waals surface area contributed by atoms with Crippen LogP contribution in [0.3, 0.4) is 0 Å². The predicted octanol–water partition coefficient (Wildman–Crippen LogP) is 3.62. The Labute approximate surface area is 186 Å². The zero-order valence-corrected chi connectivity index (χ0v) is 17.8. The highest BCUT2D eigenvalue weighted by atomic mass is 35.5. The first-order valence-electron chi connectivity index (χ1n) is 10.3. The topological polar surface area (TPSA) is 65.8 Å². The molecule has 1 saturated heterocycles. The summed E-state index contributed by atoms with van der Waals surface area (Å²) in [7, 11) is 0. The van der Waals surface area contributed by atoms with Gasteiger partial charge in [0.05, 0.1) is 6.26 Å². The van der Waals surface area contributed by atoms with Crippen molar-refractivity contribution in [3.63, 3.8) is 0 Å². The summed E-state index contributed by atoms with van der Waals surface area (Å²) in [6.07, 6.45) is 1.86. The summed E-state index contributed by atoms with van der Waals surface area (Å²) < 4.78 is 5.19. The van der Waals surface area contributed by atoms with Gasteiger partial charge in [0.2, 0.25) is 5.91 Å². The molecule has 31 heavy (non-hydrogen) atoms. The molecule has 6 nitrogen and oxygen atoms in total. The molecule has 2 aromatic carbocycles. The molecule has 4 rings (SSSR count). The average Bonchev–Trinajstić information content (AvgIpc) is 3.34. The van der Waals surface area contributed by atoms with Gasteiger partial charge < -0.3 is 19.5 Å². The number of amides is 2. The van der Waals surface area contributed by atoms with E-state index < -0.39 is 11.9 Å². The normalized spacial score (nSPS) is 14.9. The van der Waals surface area contributed by atoms with Gasteiger partial charge in [0, 0.05) is 43.3 Å². The van der Waals surface area contributed by atoms with Gasteiger partial charge in [-0.25, -0.2) is 0 Å². The smallest absolute Gasteiger partial charge is 0.287 e. The SMILES string of the molecule is O=C(NC(Cc1ccccc1)C(=O)N1CCN(c2cccc(Cl)c2)CC1)c1ccco1. The number of rotatable bonds is 6. The van der Waals surface area contributed by atoms with Gasteiger partial charge in [-0.3, -0.25) is 9.59 Å². The van der Waals surface area contributed by atoms with Gasteiger partial charge in [0.1, 0.15) is 6.04 Å². The van der Waals surface area contributed by atoms with Gasteiger partial charge >= 0.3 is 0 Å². The van der Waals surface area contributed by atoms with Crippen molar-refractivity contribution in [1.29, 1.82) is 0 Å². The maximum atomic E-state index is 13.3. The maximum Gasteiger partial charge on any atom is 0.287 e. The van der Waals surface area contributed by atoms with Crippen molar-refractivity contribution in [2.45, 2.75) is 12.5 Å². The molecule has 3 aromatic rings. The lowest BCUT2D eigenvalue weighted by Gasteiger charge is -2.37. The quantitative estimate of drug-likeness (QED) is 0.639. The molecule has 7 heteroatoms. The maximum absolute atomic E-state index is 13.3. The molecular weight excluding hydrogens is 414 g/mol. The minimum Gasteiger partial charge on any atom is -0.459 e. The van der Waals surface area contributed by atoms with Crippen LogP contribution < -0.4 is 10.2 Å². The highest BCUT2D eigenvalue weighted by molar-refractivity contribution is 6.30. The van der Waals surface area contributed by atoms with Crippen molar-refractivity contribution >= 4 is 29.1 Å². The number of carbonyl (C=O) groups excluding carboxylic acids is 2. The van der Waals surface area contributed by atoms with Gasteiger partial charge in [-0.2, -0.15) is 0 Å². The summed E-state index contributed by atoms with van der Waals surface area (Å²) in [6, 6.07) is 20.0. The Balaban J connectivity index is 1.44. The summed E-state index contributed by atoms with van der Waals surface area (Å²) in [5.74, 6) is -0.289. The summed E-state index contributed by atoms with van der Waals surface area (Å²) in [4.78, 5) is 29.9. The fourth-order valence-corrected chi connectivity index (χ4v) is 3.95. The molecule has 1 unspecified atom stereocenters. The van der Waals surface area contributed by atoms with Gasteiger partial charge in [0.15, 0.2) is 5.76 Å². The van der Waals surface area contributed by atoms with Gasteiger partial charge in [-0.15, -0.1) is 0 Å². The van der Waals surface area contributed by atoms with Crippen LogP contribution in [0.4, 0.5) is 5.69 Å². The molecule has 0 saturated carbocycles. The number of piperazine rings is 1. The van der Waals surface area contributed by atoms with E-state index in [1.54, 1.807) is 12.1 Å². The third-order valence-electron chi connectivity index (χ3n) is 5.40. The van der Waals surface area contributed by atoms with Crippen LogP contribution in [0.5, 0.6) is 0 Å². The Bertz CT molecular complexity index is 1020. The Kier molecular flexibility index (Phi) is 6.57. The molecule has 1 atom stereocenters. The summed E-state index contributed by atoms with van der Waals surface area (Å²) in [5.41, 5.74) is 2.03. The van der Waals surface area contributed by atoms with Crippen LogP contribution in [0.15, 0.2) is 77.4 Å². The second-order valence-electron chi connectivity index (χ2n) is 7.49. The highest BCUT2D eigenvalue weighted by Crippen LogP contribution is 2.21. The number of hydrogen-bond donors (Lipinski definition) is 1. The van der Waals surface area contributed by atoms with Crippen LogP contribution in [0.1, 0.15) is 16.1 Å². The first kappa shape index (κ1) is 21.0. The van der Waals surface area contributed by atoms with Gasteiger partial charge in [-0.05, 0) is 35.9 Å². The van der Waals surface area contributed by atoms with E-state index in [9.17, 15) is 9.59 Å². The van der Waals surface area contributed by atoms with Crippen molar-refractivity contribution in [3.8, 4) is 0 Å². The largest absolute Gasteiger partial charge is 0.459 e. The predicted molar refractivity (Wildman–Crippen MR) is 120 cm³/mol. The van der Waals surface area contributed by atoms with E-state index >= 15 is 0 Å². The summed E-state index contributed by atoms with van der Waals surface area (Å²) in [6.45, 7) is 2.56. The molecule has 0 bridgehead atoms. The average molecular weight is 438 g/mol. The molecule has 1 aliphatic heterocycles. The van der Waals surface area contributed by atoms with E-state index in [0.717, 1.165) is 11.3 Å². The monoisotopic (exact) mass is 437 g/mol. The van der Waals surface area contributed by atoms with Crippen molar-refractivity contribution in [2.75, 3.05) is 31.1 Å². The third-order valence-corrected chi connectivity index (χ3v) is 5.63. The number of hydrogen-bond acceptors (Lipinski definition) is 4. The fourth-order valence-electron chi connectivity index (χ4n) is 3.77. The Hall–Kier alpha value is -3.25. The van der Waals surface area contributed by atoms with Crippen molar-refractivity contribution in [1.82, 2.24) is 10.2 Å². The van der Waals surface area contributed by atoms with Crippen LogP contribution in [0.2, 0.25) is 5.02 Å². The summed E-state index contributed by atoms with van der Waals surface area (Å²) >= 11 is 6.11. The molecule has 1 N–H and O–H groups in total. The molecule has 0 aliphatic carbocycles. The standard InChI is InChI=1S/C24H24ClN3O3/c25-19-8-4-9-20(17-19)27-11-13-28(14-12-27)24(30)21(16-18-6-2-1-3-7-18)26-23(29)22-10-5-15-31-22/h1-10,15,17,21H,11-14,16H2,(H,26,29). The second-order valence-corrected chi connectivity index (χ2v) is 7.92. The fraction of sp³-hybridized carbons (Fsp3) is 0.250. The number of benzene rings is 2. The Morgan fingerprint density at radius 1 is 0.968 bits per heavy atom. The lowest BCUT2D eigenvalue weighted by molar-refractivity contribution is -0.133. The number of furan rings is 1. The first-order chi connectivity index (χ1) is 15.1. The minimum absolute atomic E-state index is 0.0884. The molecule has 0 spiro atoms. The number of nitrogens with zero attached hydrogens (tertiary/aromatic N) is 2. The lowest BCUT2D eigenvalue weighted by atomic mass is 10.0. The molecule has 160 valence electrons. The Morgan fingerprint density at radius 3 is 2.42 bits per heavy atom. The van der Waals surface area contributed by atoms with Crippen LogP contribution in [-0.4, -0.2) is 48.9 Å². The molecule has 1 fully saturated rings. The Morgan fingerprint density at radius 2 is 1.74 bits per heavy atom. The number of halogens is 1. The third kappa shape index (κ3) is 5.27. The van der Waals surface area contributed by atoms with Gasteiger partial charge in [-0.1, -0.05) is 48.0 Å². The van der Waals surface area contributed by atoms with E-state index in [2.05, 4.69) is 10.2 Å². The van der Waals surface area contributed by atoms with E-state index in [4.69, 9.17) is 16.0 Å². The van der Waals surface area contributed by atoms with Crippen LogP contribution in [-0.2, 0) is 11.2 Å². The molecule has 1 aliphatic rings. The molecule has 2 amide bonds. The van der Waals surface area contributed by atoms with E-state index in [0.29, 0.717) is 37.6 Å². The van der Waals surface area contributed by atoms with Gasteiger partial charge in [0.25, 0.3) is 5.91 Å². The minimum atomic E-state index is -0.669. The van der Waals surface area contributed by atoms with Crippen LogP contribution >= 0.6 is 11.6 Å². The molecule has 2 heterocycles. The number of nitrogens with one attached hydrogen (secondary N) is 1. The zero-order chi connectivity index (χ0) is 21.6.